The molecule has 0 aliphatic heterocycles. The number of aryl methyl sites for hydroxylation is 2. The molecule has 0 saturated heterocycles. The third kappa shape index (κ3) is 6.32. The minimum absolute atomic E-state index is 0.269. The molecule has 3 aromatic rings. The molecule has 0 atom stereocenters. The van der Waals surface area contributed by atoms with Gasteiger partial charge in [0.25, 0.3) is 10.0 Å². The van der Waals surface area contributed by atoms with Crippen LogP contribution in [0.15, 0.2) is 84.3 Å². The summed E-state index contributed by atoms with van der Waals surface area (Å²) in [4.78, 5) is 11.1. The summed E-state index contributed by atoms with van der Waals surface area (Å²) in [6, 6.07) is 23.4. The predicted molar refractivity (Wildman–Crippen MR) is 120 cm³/mol. The van der Waals surface area contributed by atoms with Gasteiger partial charge in [0, 0.05) is 0 Å². The van der Waals surface area contributed by atoms with Gasteiger partial charge in [-0.15, -0.1) is 0 Å². The van der Waals surface area contributed by atoms with E-state index < -0.39 is 16.0 Å². The number of para-hydroxylation sites is 1. The highest BCUT2D eigenvalue weighted by Gasteiger charge is 2.10. The van der Waals surface area contributed by atoms with Crippen molar-refractivity contribution in [2.45, 2.75) is 19.3 Å². The summed E-state index contributed by atoms with van der Waals surface area (Å²) in [7, 11) is -3.64. The van der Waals surface area contributed by atoms with Gasteiger partial charge in [0.05, 0.1) is 16.7 Å². The molecule has 154 valence electrons. The second-order valence-electron chi connectivity index (χ2n) is 6.88. The van der Waals surface area contributed by atoms with Gasteiger partial charge in [0.15, 0.2) is 0 Å². The quantitative estimate of drug-likeness (QED) is 0.511. The van der Waals surface area contributed by atoms with E-state index in [1.165, 1.54) is 0 Å². The number of hydrogen-bond donors (Lipinski definition) is 2. The number of anilines is 1. The average Bonchev–Trinajstić information content (AvgIpc) is 2.74. The van der Waals surface area contributed by atoms with E-state index in [1.807, 2.05) is 48.5 Å². The van der Waals surface area contributed by atoms with Crippen molar-refractivity contribution in [3.05, 3.63) is 107 Å². The van der Waals surface area contributed by atoms with Crippen molar-refractivity contribution in [3.63, 3.8) is 0 Å². The third-order valence-corrected chi connectivity index (χ3v) is 5.59. The molecule has 30 heavy (non-hydrogen) atoms. The molecule has 0 aliphatic carbocycles. The molecule has 0 saturated carbocycles. The fourth-order valence-electron chi connectivity index (χ4n) is 3.10. The Labute approximate surface area is 176 Å². The van der Waals surface area contributed by atoms with Gasteiger partial charge in [-0.25, -0.2) is 13.2 Å². The van der Waals surface area contributed by atoms with E-state index in [-0.39, 0.29) is 5.56 Å². The van der Waals surface area contributed by atoms with Gasteiger partial charge in [-0.3, -0.25) is 4.72 Å². The molecule has 0 fully saturated rings. The third-order valence-electron chi connectivity index (χ3n) is 4.59. The lowest BCUT2D eigenvalue weighted by Crippen LogP contribution is -2.10. The van der Waals surface area contributed by atoms with E-state index >= 15 is 0 Å². The first kappa shape index (κ1) is 21.3. The van der Waals surface area contributed by atoms with Crippen molar-refractivity contribution in [2.75, 3.05) is 4.72 Å². The molecule has 0 spiro atoms. The second kappa shape index (κ2) is 9.89. The maximum atomic E-state index is 12.5. The lowest BCUT2D eigenvalue weighted by atomic mass is 10.0. The molecule has 0 amide bonds. The Hall–Kier alpha value is -3.38. The topological polar surface area (TPSA) is 83.5 Å². The van der Waals surface area contributed by atoms with Gasteiger partial charge in [-0.05, 0) is 60.2 Å². The molecule has 0 heterocycles. The summed E-state index contributed by atoms with van der Waals surface area (Å²) in [5.74, 6) is -0.944. The highest BCUT2D eigenvalue weighted by atomic mass is 32.2. The van der Waals surface area contributed by atoms with Crippen LogP contribution in [0.3, 0.4) is 0 Å². The van der Waals surface area contributed by atoms with Gasteiger partial charge >= 0.3 is 5.97 Å². The van der Waals surface area contributed by atoms with Gasteiger partial charge in [-0.1, -0.05) is 60.7 Å². The number of carboxylic acids is 1. The summed E-state index contributed by atoms with van der Waals surface area (Å²) in [5.41, 5.74) is 3.46. The van der Waals surface area contributed by atoms with Crippen LogP contribution >= 0.6 is 0 Å². The normalized spacial score (nSPS) is 11.5. The number of hydrogen-bond acceptors (Lipinski definition) is 3. The van der Waals surface area contributed by atoms with E-state index in [2.05, 4.69) is 4.72 Å². The Bertz CT molecular complexity index is 1140. The van der Waals surface area contributed by atoms with Crippen molar-refractivity contribution < 1.29 is 18.3 Å². The Morgan fingerprint density at radius 1 is 0.900 bits per heavy atom. The molecule has 0 aliphatic rings. The zero-order chi connectivity index (χ0) is 21.4. The molecule has 3 aromatic carbocycles. The van der Waals surface area contributed by atoms with Crippen molar-refractivity contribution in [1.29, 1.82) is 0 Å². The standard InChI is InChI=1S/C24H23NO4S/c26-24(27)22-14-7-11-20(18-22)10-6-13-21-12-4-5-15-23(21)25-30(28,29)17-16-19-8-2-1-3-9-19/h1-5,7-9,11-12,14-18,25H,6,10,13H2,(H,26,27)/b17-16+. The molecule has 0 bridgehead atoms. The zero-order valence-corrected chi connectivity index (χ0v) is 17.2. The lowest BCUT2D eigenvalue weighted by Gasteiger charge is -2.11. The number of carbonyl (C=O) groups is 1. The molecule has 2 N–H and O–H groups in total. The highest BCUT2D eigenvalue weighted by molar-refractivity contribution is 7.95. The number of benzene rings is 3. The van der Waals surface area contributed by atoms with E-state index in [9.17, 15) is 13.2 Å². The first-order chi connectivity index (χ1) is 14.4. The van der Waals surface area contributed by atoms with Gasteiger partial charge < -0.3 is 5.11 Å². The highest BCUT2D eigenvalue weighted by Crippen LogP contribution is 2.20. The van der Waals surface area contributed by atoms with Crippen molar-refractivity contribution in [2.24, 2.45) is 0 Å². The van der Waals surface area contributed by atoms with Crippen molar-refractivity contribution in [1.82, 2.24) is 0 Å². The van der Waals surface area contributed by atoms with Crippen LogP contribution in [-0.2, 0) is 22.9 Å². The molecule has 3 rings (SSSR count). The van der Waals surface area contributed by atoms with E-state index in [4.69, 9.17) is 5.11 Å². The van der Waals surface area contributed by atoms with Gasteiger partial charge in [-0.2, -0.15) is 0 Å². The second-order valence-corrected chi connectivity index (χ2v) is 8.44. The summed E-state index contributed by atoms with van der Waals surface area (Å²) < 4.78 is 27.6. The van der Waals surface area contributed by atoms with Crippen LogP contribution in [0.5, 0.6) is 0 Å². The summed E-state index contributed by atoms with van der Waals surface area (Å²) in [5, 5.41) is 10.3. The molecular weight excluding hydrogens is 398 g/mol. The maximum absolute atomic E-state index is 12.5. The SMILES string of the molecule is O=C(O)c1cccc(CCCc2ccccc2NS(=O)(=O)/C=C/c2ccccc2)c1. The molecular formula is C24H23NO4S. The Morgan fingerprint density at radius 2 is 1.63 bits per heavy atom. The van der Waals surface area contributed by atoms with E-state index in [0.717, 1.165) is 28.5 Å². The zero-order valence-electron chi connectivity index (χ0n) is 16.4. The van der Waals surface area contributed by atoms with Crippen LogP contribution < -0.4 is 4.72 Å². The summed E-state index contributed by atoms with van der Waals surface area (Å²) in [6.07, 6.45) is 3.69. The van der Waals surface area contributed by atoms with Crippen LogP contribution in [-0.4, -0.2) is 19.5 Å². The van der Waals surface area contributed by atoms with Crippen molar-refractivity contribution in [3.8, 4) is 0 Å². The Balaban J connectivity index is 1.65. The van der Waals surface area contributed by atoms with Crippen LogP contribution in [0.1, 0.15) is 33.5 Å². The van der Waals surface area contributed by atoms with Crippen LogP contribution in [0.2, 0.25) is 0 Å². The Morgan fingerprint density at radius 3 is 2.40 bits per heavy atom. The molecule has 0 radical (unpaired) electrons. The molecule has 0 unspecified atom stereocenters. The van der Waals surface area contributed by atoms with Gasteiger partial charge in [0.2, 0.25) is 0 Å². The number of carboxylic acid groups (broad SMARTS) is 1. The fourth-order valence-corrected chi connectivity index (χ4v) is 4.01. The number of sulfonamides is 1. The number of aromatic carboxylic acids is 1. The lowest BCUT2D eigenvalue weighted by molar-refractivity contribution is 0.0696. The number of rotatable bonds is 9. The first-order valence-electron chi connectivity index (χ1n) is 9.59. The van der Waals surface area contributed by atoms with Crippen LogP contribution in [0.4, 0.5) is 5.69 Å². The minimum Gasteiger partial charge on any atom is -0.478 e. The van der Waals surface area contributed by atoms with E-state index in [0.29, 0.717) is 18.5 Å². The number of nitrogens with one attached hydrogen (secondary N) is 1. The smallest absolute Gasteiger partial charge is 0.335 e. The van der Waals surface area contributed by atoms with Crippen LogP contribution in [0, 0.1) is 0 Å². The predicted octanol–water partition coefficient (Wildman–Crippen LogP) is 4.97. The molecule has 6 heteroatoms. The minimum atomic E-state index is -3.64. The first-order valence-corrected chi connectivity index (χ1v) is 11.1. The maximum Gasteiger partial charge on any atom is 0.335 e. The van der Waals surface area contributed by atoms with Gasteiger partial charge in [0.1, 0.15) is 0 Å². The molecule has 0 aromatic heterocycles. The van der Waals surface area contributed by atoms with E-state index in [1.54, 1.807) is 36.4 Å². The fraction of sp³-hybridized carbons (Fsp3) is 0.125. The summed E-state index contributed by atoms with van der Waals surface area (Å²) >= 11 is 0. The molecule has 5 nitrogen and oxygen atoms in total. The van der Waals surface area contributed by atoms with Crippen molar-refractivity contribution >= 4 is 27.8 Å². The Kier molecular flexibility index (Phi) is 7.03. The average molecular weight is 422 g/mol. The monoisotopic (exact) mass is 421 g/mol. The largest absolute Gasteiger partial charge is 0.478 e. The summed E-state index contributed by atoms with van der Waals surface area (Å²) in [6.45, 7) is 0. The van der Waals surface area contributed by atoms with Crippen LogP contribution in [0.25, 0.3) is 6.08 Å².